The van der Waals surface area contributed by atoms with Gasteiger partial charge in [0.2, 0.25) is 11.6 Å². The predicted molar refractivity (Wildman–Crippen MR) is 117 cm³/mol. The van der Waals surface area contributed by atoms with E-state index < -0.39 is 9.85 Å². The normalized spacial score (nSPS) is 17.5. The molecule has 1 fully saturated rings. The van der Waals surface area contributed by atoms with Crippen LogP contribution in [0, 0.1) is 20.2 Å². The predicted octanol–water partition coefficient (Wildman–Crippen LogP) is 3.45. The second-order valence-electron chi connectivity index (χ2n) is 8.87. The molecule has 2 aromatic rings. The molecule has 0 radical (unpaired) electrons. The molecule has 31 heavy (non-hydrogen) atoms. The quantitative estimate of drug-likeness (QED) is 0.378. The third-order valence-corrected chi connectivity index (χ3v) is 4.94. The summed E-state index contributed by atoms with van der Waals surface area (Å²) in [6.45, 7) is 8.38. The van der Waals surface area contributed by atoms with Crippen LogP contribution in [-0.4, -0.2) is 36.9 Å². The summed E-state index contributed by atoms with van der Waals surface area (Å²) >= 11 is 0. The van der Waals surface area contributed by atoms with Gasteiger partial charge < -0.3 is 10.6 Å². The van der Waals surface area contributed by atoms with E-state index in [-0.39, 0.29) is 40.1 Å². The first kappa shape index (κ1) is 22.2. The first-order valence-corrected chi connectivity index (χ1v) is 9.77. The Labute approximate surface area is 179 Å². The van der Waals surface area contributed by atoms with Crippen LogP contribution < -0.4 is 21.5 Å². The van der Waals surface area contributed by atoms with E-state index >= 15 is 0 Å². The number of nitro groups is 2. The van der Waals surface area contributed by atoms with Gasteiger partial charge in [-0.15, -0.1) is 0 Å². The molecule has 1 aliphatic heterocycles. The standard InChI is InChI=1S/C19H26N8O4/c1-18(2)9-13(10-19(3,4)25-18)22-16-15(27(30)31)17(21-11-20-16)24-23-12-5-7-14(8-6-12)26(28)29/h5-8,11,13,23,25H,9-10H2,1-4H3,(H2,20,21,22,24). The third-order valence-electron chi connectivity index (χ3n) is 4.94. The molecule has 4 N–H and O–H groups in total. The smallest absolute Gasteiger partial charge is 0.354 e. The molecule has 0 unspecified atom stereocenters. The van der Waals surface area contributed by atoms with E-state index in [9.17, 15) is 20.2 Å². The molecule has 1 aromatic heterocycles. The van der Waals surface area contributed by atoms with Crippen molar-refractivity contribution in [2.75, 3.05) is 16.2 Å². The van der Waals surface area contributed by atoms with Gasteiger partial charge in [-0.1, -0.05) is 0 Å². The van der Waals surface area contributed by atoms with Gasteiger partial charge in [-0.2, -0.15) is 0 Å². The highest BCUT2D eigenvalue weighted by molar-refractivity contribution is 5.71. The molecule has 0 bridgehead atoms. The summed E-state index contributed by atoms with van der Waals surface area (Å²) in [5.41, 5.74) is 5.34. The fourth-order valence-electron chi connectivity index (χ4n) is 4.16. The van der Waals surface area contributed by atoms with Crippen LogP contribution in [0.4, 0.5) is 28.7 Å². The van der Waals surface area contributed by atoms with Crippen molar-refractivity contribution in [3.63, 3.8) is 0 Å². The molecule has 2 heterocycles. The number of benzene rings is 1. The first-order chi connectivity index (χ1) is 14.5. The number of nitrogens with zero attached hydrogens (tertiary/aromatic N) is 4. The first-order valence-electron chi connectivity index (χ1n) is 9.77. The zero-order valence-electron chi connectivity index (χ0n) is 17.8. The summed E-state index contributed by atoms with van der Waals surface area (Å²) in [6, 6.07) is 5.60. The molecule has 0 spiro atoms. The average Bonchev–Trinajstić information content (AvgIpc) is 2.64. The van der Waals surface area contributed by atoms with Gasteiger partial charge in [0.1, 0.15) is 6.33 Å². The van der Waals surface area contributed by atoms with Crippen LogP contribution in [0.25, 0.3) is 0 Å². The molecule has 3 rings (SSSR count). The third kappa shape index (κ3) is 5.54. The Balaban J connectivity index is 1.79. The zero-order chi connectivity index (χ0) is 22.8. The number of aromatic nitrogens is 2. The molecule has 0 atom stereocenters. The maximum absolute atomic E-state index is 11.8. The Morgan fingerprint density at radius 3 is 2.06 bits per heavy atom. The van der Waals surface area contributed by atoms with Crippen molar-refractivity contribution < 1.29 is 9.85 Å². The van der Waals surface area contributed by atoms with Gasteiger partial charge in [-0.25, -0.2) is 9.97 Å². The van der Waals surface area contributed by atoms with E-state index in [1.165, 1.54) is 30.6 Å². The van der Waals surface area contributed by atoms with Gasteiger partial charge in [0.05, 0.1) is 15.5 Å². The molecule has 0 saturated carbocycles. The molecule has 0 amide bonds. The number of hydrogen-bond acceptors (Lipinski definition) is 10. The minimum absolute atomic E-state index is 0.0182. The minimum Gasteiger partial charge on any atom is -0.361 e. The SMILES string of the molecule is CC1(C)CC(Nc2ncnc(NNc3ccc([N+](=O)[O-])cc3)c2[N+](=O)[O-])CC(C)(C)N1. The van der Waals surface area contributed by atoms with Crippen molar-refractivity contribution in [3.8, 4) is 0 Å². The van der Waals surface area contributed by atoms with Gasteiger partial charge in [0.15, 0.2) is 0 Å². The summed E-state index contributed by atoms with van der Waals surface area (Å²) in [4.78, 5) is 29.6. The van der Waals surface area contributed by atoms with Crippen LogP contribution in [0.2, 0.25) is 0 Å². The Morgan fingerprint density at radius 1 is 0.935 bits per heavy atom. The van der Waals surface area contributed by atoms with Crippen molar-refractivity contribution in [2.24, 2.45) is 0 Å². The lowest BCUT2D eigenvalue weighted by Gasteiger charge is -2.46. The van der Waals surface area contributed by atoms with Crippen LogP contribution in [0.5, 0.6) is 0 Å². The maximum Gasteiger partial charge on any atom is 0.354 e. The number of nitrogens with one attached hydrogen (secondary N) is 4. The van der Waals surface area contributed by atoms with E-state index in [1.807, 2.05) is 0 Å². The molecular formula is C19H26N8O4. The average molecular weight is 430 g/mol. The Kier molecular flexibility index (Phi) is 5.93. The molecule has 166 valence electrons. The largest absolute Gasteiger partial charge is 0.361 e. The van der Waals surface area contributed by atoms with Crippen LogP contribution in [0.3, 0.4) is 0 Å². The number of anilines is 3. The molecule has 1 aromatic carbocycles. The Morgan fingerprint density at radius 2 is 1.52 bits per heavy atom. The highest BCUT2D eigenvalue weighted by Gasteiger charge is 2.38. The molecule has 12 heteroatoms. The molecule has 0 aliphatic carbocycles. The van der Waals surface area contributed by atoms with Crippen molar-refractivity contribution >= 4 is 28.7 Å². The van der Waals surface area contributed by atoms with Crippen molar-refractivity contribution in [2.45, 2.75) is 57.7 Å². The van der Waals surface area contributed by atoms with Crippen LogP contribution in [-0.2, 0) is 0 Å². The number of hydrogen-bond donors (Lipinski definition) is 4. The summed E-state index contributed by atoms with van der Waals surface area (Å²) in [7, 11) is 0. The number of non-ortho nitro benzene ring substituents is 1. The second kappa shape index (κ2) is 8.30. The van der Waals surface area contributed by atoms with Gasteiger partial charge in [-0.05, 0) is 52.7 Å². The van der Waals surface area contributed by atoms with E-state index in [2.05, 4.69) is 59.1 Å². The number of rotatable bonds is 7. The minimum atomic E-state index is -0.542. The lowest BCUT2D eigenvalue weighted by Crippen LogP contribution is -2.60. The van der Waals surface area contributed by atoms with Crippen LogP contribution >= 0.6 is 0 Å². The highest BCUT2D eigenvalue weighted by atomic mass is 16.6. The molecule has 1 aliphatic rings. The second-order valence-corrected chi connectivity index (χ2v) is 8.87. The lowest BCUT2D eigenvalue weighted by atomic mass is 9.79. The van der Waals surface area contributed by atoms with Crippen molar-refractivity contribution in [1.29, 1.82) is 0 Å². The maximum atomic E-state index is 11.8. The van der Waals surface area contributed by atoms with E-state index in [0.29, 0.717) is 5.69 Å². The van der Waals surface area contributed by atoms with Gasteiger partial charge >= 0.3 is 5.69 Å². The lowest BCUT2D eigenvalue weighted by molar-refractivity contribution is -0.384. The fourth-order valence-corrected chi connectivity index (χ4v) is 4.16. The van der Waals surface area contributed by atoms with E-state index in [4.69, 9.17) is 0 Å². The molecule has 12 nitrogen and oxygen atoms in total. The van der Waals surface area contributed by atoms with Gasteiger partial charge in [0.25, 0.3) is 5.69 Å². The summed E-state index contributed by atoms with van der Waals surface area (Å²) in [5.74, 6) is 0.111. The van der Waals surface area contributed by atoms with Crippen molar-refractivity contribution in [1.82, 2.24) is 15.3 Å². The molecule has 1 saturated heterocycles. The zero-order valence-corrected chi connectivity index (χ0v) is 17.8. The Hall–Kier alpha value is -3.54. The summed E-state index contributed by atoms with van der Waals surface area (Å²) in [6.07, 6.45) is 2.77. The van der Waals surface area contributed by atoms with Gasteiger partial charge in [0, 0.05) is 29.3 Å². The van der Waals surface area contributed by atoms with Crippen LogP contribution in [0.15, 0.2) is 30.6 Å². The number of nitro benzene ring substituents is 1. The number of hydrazine groups is 1. The van der Waals surface area contributed by atoms with Crippen molar-refractivity contribution in [3.05, 3.63) is 50.8 Å². The summed E-state index contributed by atoms with van der Waals surface area (Å²) < 4.78 is 0. The highest BCUT2D eigenvalue weighted by Crippen LogP contribution is 2.34. The monoisotopic (exact) mass is 430 g/mol. The van der Waals surface area contributed by atoms with Crippen LogP contribution in [0.1, 0.15) is 40.5 Å². The fraction of sp³-hybridized carbons (Fsp3) is 0.474. The number of piperidine rings is 1. The molecular weight excluding hydrogens is 404 g/mol. The van der Waals surface area contributed by atoms with Gasteiger partial charge in [-0.3, -0.25) is 31.1 Å². The topological polar surface area (TPSA) is 160 Å². The van der Waals surface area contributed by atoms with E-state index in [0.717, 1.165) is 12.8 Å². The van der Waals surface area contributed by atoms with E-state index in [1.54, 1.807) is 0 Å². The Bertz CT molecular complexity index is 961. The summed E-state index contributed by atoms with van der Waals surface area (Å²) in [5, 5.41) is 29.4.